The molecule has 0 saturated carbocycles. The Bertz CT molecular complexity index is 366. The molecule has 0 aliphatic heterocycles. The minimum Gasteiger partial charge on any atom is -0.491 e. The molecule has 0 bridgehead atoms. The van der Waals surface area contributed by atoms with Gasteiger partial charge in [-0.3, -0.25) is 0 Å². The lowest BCUT2D eigenvalue weighted by Gasteiger charge is -2.14. The zero-order chi connectivity index (χ0) is 14.1. The summed E-state index contributed by atoms with van der Waals surface area (Å²) in [5.41, 5.74) is 7.77. The Morgan fingerprint density at radius 3 is 2.74 bits per heavy atom. The molecule has 0 spiro atoms. The van der Waals surface area contributed by atoms with Crippen LogP contribution < -0.4 is 15.8 Å². The van der Waals surface area contributed by atoms with E-state index in [1.165, 1.54) is 6.42 Å². The maximum absolute atomic E-state index is 6.09. The summed E-state index contributed by atoms with van der Waals surface area (Å²) in [5, 5.41) is 3.38. The summed E-state index contributed by atoms with van der Waals surface area (Å²) in [5.74, 6) is 0.778. The van der Waals surface area contributed by atoms with Crippen LogP contribution >= 0.6 is 0 Å². The molecule has 0 unspecified atom stereocenters. The van der Waals surface area contributed by atoms with E-state index in [2.05, 4.69) is 31.2 Å². The van der Waals surface area contributed by atoms with Crippen molar-refractivity contribution in [2.45, 2.75) is 26.2 Å². The van der Waals surface area contributed by atoms with Gasteiger partial charge in [0.25, 0.3) is 0 Å². The number of hydrogen-bond acceptors (Lipinski definition) is 4. The molecule has 0 aromatic heterocycles. The number of para-hydroxylation sites is 1. The van der Waals surface area contributed by atoms with Crippen LogP contribution in [0.3, 0.4) is 0 Å². The van der Waals surface area contributed by atoms with Gasteiger partial charge in [0.15, 0.2) is 0 Å². The predicted molar refractivity (Wildman–Crippen MR) is 82.9 cm³/mol. The number of nitrogens with two attached hydrogens (primary N) is 1. The smallest absolute Gasteiger partial charge is 0.144 e. The highest BCUT2D eigenvalue weighted by molar-refractivity contribution is 5.72. The first-order chi connectivity index (χ1) is 9.15. The quantitative estimate of drug-likeness (QED) is 0.532. The molecule has 1 aromatic rings. The van der Waals surface area contributed by atoms with Gasteiger partial charge in [-0.1, -0.05) is 13.0 Å². The Balaban J connectivity index is 2.40. The van der Waals surface area contributed by atoms with Gasteiger partial charge in [0.1, 0.15) is 5.75 Å². The van der Waals surface area contributed by atoms with Crippen LogP contribution in [0.25, 0.3) is 0 Å². The van der Waals surface area contributed by atoms with Crippen molar-refractivity contribution in [2.75, 3.05) is 44.8 Å². The fourth-order valence-electron chi connectivity index (χ4n) is 1.81. The van der Waals surface area contributed by atoms with Crippen LogP contribution in [-0.4, -0.2) is 38.7 Å². The monoisotopic (exact) mass is 265 g/mol. The normalized spacial score (nSPS) is 10.7. The third kappa shape index (κ3) is 5.83. The van der Waals surface area contributed by atoms with Gasteiger partial charge in [0, 0.05) is 6.54 Å². The molecular formula is C15H27N3O. The highest BCUT2D eigenvalue weighted by Crippen LogP contribution is 2.29. The zero-order valence-electron chi connectivity index (χ0n) is 12.4. The summed E-state index contributed by atoms with van der Waals surface area (Å²) >= 11 is 0. The van der Waals surface area contributed by atoms with Crippen molar-refractivity contribution in [3.63, 3.8) is 0 Å². The zero-order valence-corrected chi connectivity index (χ0v) is 12.4. The second-order valence-electron chi connectivity index (χ2n) is 5.00. The summed E-state index contributed by atoms with van der Waals surface area (Å²) in [7, 11) is 4.19. The molecule has 0 heterocycles. The second kappa shape index (κ2) is 8.64. The van der Waals surface area contributed by atoms with Crippen LogP contribution in [0.1, 0.15) is 26.2 Å². The fourth-order valence-corrected chi connectivity index (χ4v) is 1.81. The van der Waals surface area contributed by atoms with Gasteiger partial charge in [-0.2, -0.15) is 0 Å². The lowest BCUT2D eigenvalue weighted by Crippen LogP contribution is -2.14. The molecule has 0 aliphatic carbocycles. The average Bonchev–Trinajstić information content (AvgIpc) is 2.38. The number of nitrogen functional groups attached to an aromatic ring is 1. The number of hydrogen-bond donors (Lipinski definition) is 2. The first kappa shape index (κ1) is 15.6. The second-order valence-corrected chi connectivity index (χ2v) is 5.00. The maximum atomic E-state index is 6.09. The summed E-state index contributed by atoms with van der Waals surface area (Å²) in [6.07, 6.45) is 3.31. The maximum Gasteiger partial charge on any atom is 0.144 e. The third-order valence-electron chi connectivity index (χ3n) is 2.88. The van der Waals surface area contributed by atoms with E-state index in [1.54, 1.807) is 0 Å². The van der Waals surface area contributed by atoms with E-state index in [0.717, 1.165) is 37.4 Å². The van der Waals surface area contributed by atoms with E-state index in [0.29, 0.717) is 12.3 Å². The number of anilines is 2. The molecular weight excluding hydrogens is 238 g/mol. The highest BCUT2D eigenvalue weighted by Gasteiger charge is 2.05. The molecule has 1 aromatic carbocycles. The van der Waals surface area contributed by atoms with Gasteiger partial charge in [-0.15, -0.1) is 0 Å². The SMILES string of the molecule is CCCOc1cccc(NCCCCN(C)C)c1N. The van der Waals surface area contributed by atoms with Gasteiger partial charge in [0.05, 0.1) is 18.0 Å². The van der Waals surface area contributed by atoms with Gasteiger partial charge in [0.2, 0.25) is 0 Å². The minimum absolute atomic E-state index is 0.705. The van der Waals surface area contributed by atoms with Crippen LogP contribution in [0, 0.1) is 0 Å². The van der Waals surface area contributed by atoms with Gasteiger partial charge < -0.3 is 20.7 Å². The van der Waals surface area contributed by atoms with Crippen molar-refractivity contribution >= 4 is 11.4 Å². The molecule has 0 atom stereocenters. The Kier molecular flexibility index (Phi) is 7.11. The largest absolute Gasteiger partial charge is 0.491 e. The van der Waals surface area contributed by atoms with Crippen LogP contribution in [0.15, 0.2) is 18.2 Å². The topological polar surface area (TPSA) is 50.5 Å². The Morgan fingerprint density at radius 2 is 2.05 bits per heavy atom. The fraction of sp³-hybridized carbons (Fsp3) is 0.600. The lowest BCUT2D eigenvalue weighted by molar-refractivity contribution is 0.319. The first-order valence-corrected chi connectivity index (χ1v) is 7.05. The first-order valence-electron chi connectivity index (χ1n) is 7.05. The van der Waals surface area contributed by atoms with Crippen molar-refractivity contribution in [3.05, 3.63) is 18.2 Å². The summed E-state index contributed by atoms with van der Waals surface area (Å²) in [4.78, 5) is 2.20. The molecule has 108 valence electrons. The Labute approximate surface area is 116 Å². The number of rotatable bonds is 9. The number of nitrogens with zero attached hydrogens (tertiary/aromatic N) is 1. The Morgan fingerprint density at radius 1 is 1.26 bits per heavy atom. The van der Waals surface area contributed by atoms with Crippen LogP contribution in [0.4, 0.5) is 11.4 Å². The minimum atomic E-state index is 0.705. The van der Waals surface area contributed by atoms with E-state index < -0.39 is 0 Å². The van der Waals surface area contributed by atoms with Crippen LogP contribution in [-0.2, 0) is 0 Å². The van der Waals surface area contributed by atoms with Crippen LogP contribution in [0.2, 0.25) is 0 Å². The standard InChI is InChI=1S/C15H27N3O/c1-4-12-19-14-9-7-8-13(15(14)16)17-10-5-6-11-18(2)3/h7-9,17H,4-6,10-12,16H2,1-3H3. The summed E-state index contributed by atoms with van der Waals surface area (Å²) < 4.78 is 5.61. The summed E-state index contributed by atoms with van der Waals surface area (Å²) in [6, 6.07) is 5.89. The van der Waals surface area contributed by atoms with Crippen molar-refractivity contribution < 1.29 is 4.74 Å². The van der Waals surface area contributed by atoms with Crippen molar-refractivity contribution in [1.82, 2.24) is 4.90 Å². The molecule has 0 saturated heterocycles. The molecule has 0 fully saturated rings. The van der Waals surface area contributed by atoms with E-state index in [4.69, 9.17) is 10.5 Å². The highest BCUT2D eigenvalue weighted by atomic mass is 16.5. The van der Waals surface area contributed by atoms with Gasteiger partial charge in [-0.05, 0) is 52.0 Å². The lowest BCUT2D eigenvalue weighted by atomic mass is 10.2. The van der Waals surface area contributed by atoms with Crippen molar-refractivity contribution in [2.24, 2.45) is 0 Å². The third-order valence-corrected chi connectivity index (χ3v) is 2.88. The number of benzene rings is 1. The van der Waals surface area contributed by atoms with E-state index in [1.807, 2.05) is 18.2 Å². The molecule has 0 amide bonds. The molecule has 4 heteroatoms. The molecule has 0 radical (unpaired) electrons. The van der Waals surface area contributed by atoms with Gasteiger partial charge >= 0.3 is 0 Å². The van der Waals surface area contributed by atoms with E-state index in [9.17, 15) is 0 Å². The predicted octanol–water partition coefficient (Wildman–Crippen LogP) is 2.81. The molecule has 4 nitrogen and oxygen atoms in total. The summed E-state index contributed by atoms with van der Waals surface area (Å²) in [6.45, 7) is 4.85. The number of ether oxygens (including phenoxy) is 1. The number of nitrogens with one attached hydrogen (secondary N) is 1. The molecule has 19 heavy (non-hydrogen) atoms. The molecule has 3 N–H and O–H groups in total. The van der Waals surface area contributed by atoms with Crippen molar-refractivity contribution in [1.29, 1.82) is 0 Å². The van der Waals surface area contributed by atoms with Gasteiger partial charge in [-0.25, -0.2) is 0 Å². The molecule has 0 aliphatic rings. The van der Waals surface area contributed by atoms with E-state index in [-0.39, 0.29) is 0 Å². The van der Waals surface area contributed by atoms with E-state index >= 15 is 0 Å². The van der Waals surface area contributed by atoms with Crippen molar-refractivity contribution in [3.8, 4) is 5.75 Å². The average molecular weight is 265 g/mol. The molecule has 1 rings (SSSR count). The van der Waals surface area contributed by atoms with Crippen LogP contribution in [0.5, 0.6) is 5.75 Å². The number of unbranched alkanes of at least 4 members (excludes halogenated alkanes) is 1. The Hall–Kier alpha value is -1.42.